The van der Waals surface area contributed by atoms with E-state index in [2.05, 4.69) is 4.74 Å². The van der Waals surface area contributed by atoms with Gasteiger partial charge in [0.25, 0.3) is 0 Å². The van der Waals surface area contributed by atoms with Gasteiger partial charge in [0, 0.05) is 7.11 Å². The van der Waals surface area contributed by atoms with Gasteiger partial charge in [0.2, 0.25) is 0 Å². The third-order valence-corrected chi connectivity index (χ3v) is 1.98. The molecular weight excluding hydrogens is 223 g/mol. The van der Waals surface area contributed by atoms with Crippen LogP contribution in [0.3, 0.4) is 0 Å². The molecule has 0 aliphatic heterocycles. The number of rotatable bonds is 4. The molecule has 0 N–H and O–H groups in total. The summed E-state index contributed by atoms with van der Waals surface area (Å²) in [4.78, 5) is 11.3. The summed E-state index contributed by atoms with van der Waals surface area (Å²) >= 11 is 5.51. The zero-order valence-electron chi connectivity index (χ0n) is 8.13. The lowest BCUT2D eigenvalue weighted by molar-refractivity contribution is 0.0383. The van der Waals surface area contributed by atoms with E-state index in [1.54, 1.807) is 0 Å². The average molecular weight is 233 g/mol. The zero-order chi connectivity index (χ0) is 11.3. The van der Waals surface area contributed by atoms with Crippen molar-refractivity contribution in [2.75, 3.05) is 20.3 Å². The second kappa shape index (κ2) is 5.68. The Hall–Kier alpha value is -1.13. The standard InChI is InChI=1S/C10H10ClFO3/c1-14-5-6-15-10(13)7-3-2-4-8(11)9(7)12/h2-4H,5-6H2,1H3. The number of esters is 1. The predicted octanol–water partition coefficient (Wildman–Crippen LogP) is 2.28. The summed E-state index contributed by atoms with van der Waals surface area (Å²) in [6.07, 6.45) is 0. The van der Waals surface area contributed by atoms with Gasteiger partial charge in [0.05, 0.1) is 17.2 Å². The van der Waals surface area contributed by atoms with Crippen LogP contribution in [0, 0.1) is 5.82 Å². The van der Waals surface area contributed by atoms with E-state index < -0.39 is 11.8 Å². The van der Waals surface area contributed by atoms with E-state index >= 15 is 0 Å². The minimum Gasteiger partial charge on any atom is -0.460 e. The molecule has 0 atom stereocenters. The molecule has 0 aliphatic rings. The summed E-state index contributed by atoms with van der Waals surface area (Å²) in [5, 5.41) is -0.101. The van der Waals surface area contributed by atoms with Crippen LogP contribution in [-0.2, 0) is 9.47 Å². The molecule has 0 saturated heterocycles. The molecule has 1 aromatic rings. The maximum absolute atomic E-state index is 13.3. The molecule has 82 valence electrons. The van der Waals surface area contributed by atoms with Crippen LogP contribution >= 0.6 is 11.6 Å². The second-order valence-electron chi connectivity index (χ2n) is 2.73. The lowest BCUT2D eigenvalue weighted by atomic mass is 10.2. The van der Waals surface area contributed by atoms with Gasteiger partial charge < -0.3 is 9.47 Å². The number of methoxy groups -OCH3 is 1. The maximum atomic E-state index is 13.3. The van der Waals surface area contributed by atoms with Crippen molar-refractivity contribution in [3.63, 3.8) is 0 Å². The number of hydrogen-bond acceptors (Lipinski definition) is 3. The minimum atomic E-state index is -0.762. The van der Waals surface area contributed by atoms with Crippen LogP contribution in [0.4, 0.5) is 4.39 Å². The Kier molecular flexibility index (Phi) is 4.52. The van der Waals surface area contributed by atoms with E-state index in [1.807, 2.05) is 0 Å². The van der Waals surface area contributed by atoms with Crippen LogP contribution in [0.1, 0.15) is 10.4 Å². The number of carbonyl (C=O) groups excluding carboxylic acids is 1. The van der Waals surface area contributed by atoms with E-state index in [4.69, 9.17) is 16.3 Å². The summed E-state index contributed by atoms with van der Waals surface area (Å²) in [7, 11) is 1.48. The molecule has 0 bridgehead atoms. The van der Waals surface area contributed by atoms with E-state index in [0.717, 1.165) is 0 Å². The highest BCUT2D eigenvalue weighted by Crippen LogP contribution is 2.18. The van der Waals surface area contributed by atoms with Crippen LogP contribution < -0.4 is 0 Å². The number of halogens is 2. The number of carbonyl (C=O) groups is 1. The molecule has 1 aromatic carbocycles. The average Bonchev–Trinajstić information content (AvgIpc) is 2.22. The third kappa shape index (κ3) is 3.18. The van der Waals surface area contributed by atoms with Crippen molar-refractivity contribution in [1.82, 2.24) is 0 Å². The molecule has 0 aromatic heterocycles. The number of benzene rings is 1. The van der Waals surface area contributed by atoms with Gasteiger partial charge in [-0.1, -0.05) is 17.7 Å². The first-order valence-corrected chi connectivity index (χ1v) is 4.64. The molecule has 5 heteroatoms. The molecular formula is C10H10ClFO3. The van der Waals surface area contributed by atoms with Crippen molar-refractivity contribution < 1.29 is 18.7 Å². The monoisotopic (exact) mass is 232 g/mol. The highest BCUT2D eigenvalue weighted by molar-refractivity contribution is 6.31. The Labute approximate surface area is 91.7 Å². The summed E-state index contributed by atoms with van der Waals surface area (Å²) in [5.74, 6) is -1.51. The summed E-state index contributed by atoms with van der Waals surface area (Å²) in [6, 6.07) is 4.16. The molecule has 0 heterocycles. The second-order valence-corrected chi connectivity index (χ2v) is 3.14. The Morgan fingerprint density at radius 3 is 2.87 bits per heavy atom. The highest BCUT2D eigenvalue weighted by Gasteiger charge is 2.14. The number of hydrogen-bond donors (Lipinski definition) is 0. The van der Waals surface area contributed by atoms with Gasteiger partial charge in [-0.15, -0.1) is 0 Å². The minimum absolute atomic E-state index is 0.0846. The molecule has 0 amide bonds. The quantitative estimate of drug-likeness (QED) is 0.590. The highest BCUT2D eigenvalue weighted by atomic mass is 35.5. The molecule has 0 fully saturated rings. The maximum Gasteiger partial charge on any atom is 0.341 e. The fourth-order valence-electron chi connectivity index (χ4n) is 0.957. The van der Waals surface area contributed by atoms with E-state index in [1.165, 1.54) is 25.3 Å². The van der Waals surface area contributed by atoms with Gasteiger partial charge in [-0.05, 0) is 12.1 Å². The van der Waals surface area contributed by atoms with Crippen molar-refractivity contribution in [3.05, 3.63) is 34.6 Å². The lowest BCUT2D eigenvalue weighted by Crippen LogP contribution is -2.11. The lowest BCUT2D eigenvalue weighted by Gasteiger charge is -2.05. The van der Waals surface area contributed by atoms with Gasteiger partial charge in [-0.25, -0.2) is 9.18 Å². The van der Waals surface area contributed by atoms with Gasteiger partial charge in [0.15, 0.2) is 5.82 Å². The van der Waals surface area contributed by atoms with Crippen molar-refractivity contribution in [2.45, 2.75) is 0 Å². The first-order valence-electron chi connectivity index (χ1n) is 4.27. The zero-order valence-corrected chi connectivity index (χ0v) is 8.88. The first kappa shape index (κ1) is 11.9. The van der Waals surface area contributed by atoms with Crippen LogP contribution in [-0.4, -0.2) is 26.3 Å². The Bertz CT molecular complexity index is 355. The van der Waals surface area contributed by atoms with Crippen molar-refractivity contribution in [3.8, 4) is 0 Å². The van der Waals surface area contributed by atoms with E-state index in [0.29, 0.717) is 0 Å². The van der Waals surface area contributed by atoms with Crippen LogP contribution in [0.5, 0.6) is 0 Å². The first-order chi connectivity index (χ1) is 7.16. The molecule has 0 saturated carbocycles. The normalized spacial score (nSPS) is 10.1. The summed E-state index contributed by atoms with van der Waals surface area (Å²) in [6.45, 7) is 0.356. The van der Waals surface area contributed by atoms with Crippen molar-refractivity contribution in [2.24, 2.45) is 0 Å². The van der Waals surface area contributed by atoms with E-state index in [9.17, 15) is 9.18 Å². The SMILES string of the molecule is COCCOC(=O)c1cccc(Cl)c1F. The Morgan fingerprint density at radius 2 is 2.20 bits per heavy atom. The van der Waals surface area contributed by atoms with Gasteiger partial charge in [-0.2, -0.15) is 0 Å². The predicted molar refractivity (Wildman–Crippen MR) is 53.6 cm³/mol. The van der Waals surface area contributed by atoms with Crippen LogP contribution in [0.15, 0.2) is 18.2 Å². The Balaban J connectivity index is 2.69. The van der Waals surface area contributed by atoms with Gasteiger partial charge >= 0.3 is 5.97 Å². The molecule has 0 unspecified atom stereocenters. The van der Waals surface area contributed by atoms with E-state index in [-0.39, 0.29) is 23.8 Å². The summed E-state index contributed by atoms with van der Waals surface area (Å²) < 4.78 is 22.7. The van der Waals surface area contributed by atoms with Crippen LogP contribution in [0.25, 0.3) is 0 Å². The summed E-state index contributed by atoms with van der Waals surface area (Å²) in [5.41, 5.74) is -0.168. The smallest absolute Gasteiger partial charge is 0.341 e. The van der Waals surface area contributed by atoms with Gasteiger partial charge in [0.1, 0.15) is 6.61 Å². The van der Waals surface area contributed by atoms with Crippen molar-refractivity contribution in [1.29, 1.82) is 0 Å². The van der Waals surface area contributed by atoms with Crippen molar-refractivity contribution >= 4 is 17.6 Å². The molecule has 0 radical (unpaired) electrons. The molecule has 15 heavy (non-hydrogen) atoms. The number of ether oxygens (including phenoxy) is 2. The molecule has 1 rings (SSSR count). The largest absolute Gasteiger partial charge is 0.460 e. The molecule has 3 nitrogen and oxygen atoms in total. The fourth-order valence-corrected chi connectivity index (χ4v) is 1.13. The molecule has 0 spiro atoms. The molecule has 0 aliphatic carbocycles. The van der Waals surface area contributed by atoms with Gasteiger partial charge in [-0.3, -0.25) is 0 Å². The van der Waals surface area contributed by atoms with Crippen LogP contribution in [0.2, 0.25) is 5.02 Å². The fraction of sp³-hybridized carbons (Fsp3) is 0.300. The Morgan fingerprint density at radius 1 is 1.47 bits per heavy atom. The topological polar surface area (TPSA) is 35.5 Å². The third-order valence-electron chi connectivity index (χ3n) is 1.69.